The zero-order valence-corrected chi connectivity index (χ0v) is 12.1. The topological polar surface area (TPSA) is 49.4 Å². The van der Waals surface area contributed by atoms with Crippen LogP contribution in [0, 0.1) is 6.92 Å². The van der Waals surface area contributed by atoms with Gasteiger partial charge in [0, 0.05) is 10.6 Å². The number of halogens is 1. The zero-order chi connectivity index (χ0) is 15.0. The highest BCUT2D eigenvalue weighted by molar-refractivity contribution is 6.30. The second kappa shape index (κ2) is 5.22. The van der Waals surface area contributed by atoms with E-state index in [2.05, 4.69) is 5.32 Å². The number of hydrogen-bond donors (Lipinski definition) is 1. The number of nitrogens with one attached hydrogen (secondary N) is 1. The van der Waals surface area contributed by atoms with Gasteiger partial charge in [0.05, 0.1) is 11.4 Å². The number of carbonyl (C=O) groups excluding carboxylic acids is 2. The smallest absolute Gasteiger partial charge is 0.259 e. The van der Waals surface area contributed by atoms with Crippen molar-refractivity contribution in [3.8, 4) is 0 Å². The molecule has 2 aromatic rings. The molecule has 1 N–H and O–H groups in total. The van der Waals surface area contributed by atoms with Gasteiger partial charge in [0.25, 0.3) is 5.91 Å². The van der Waals surface area contributed by atoms with E-state index in [1.54, 1.807) is 24.3 Å². The van der Waals surface area contributed by atoms with Gasteiger partial charge in [-0.05, 0) is 42.8 Å². The number of para-hydroxylation sites is 2. The van der Waals surface area contributed by atoms with Gasteiger partial charge in [0.1, 0.15) is 6.54 Å². The largest absolute Gasteiger partial charge is 0.323 e. The van der Waals surface area contributed by atoms with Crippen molar-refractivity contribution >= 4 is 34.8 Å². The molecule has 0 saturated carbocycles. The molecule has 106 valence electrons. The molecule has 0 aliphatic carbocycles. The summed E-state index contributed by atoms with van der Waals surface area (Å²) in [6, 6.07) is 12.4. The molecule has 5 heteroatoms. The van der Waals surface area contributed by atoms with Crippen molar-refractivity contribution in [2.45, 2.75) is 6.92 Å². The summed E-state index contributed by atoms with van der Waals surface area (Å²) < 4.78 is 0. The molecule has 0 spiro atoms. The Balaban J connectivity index is 2.04. The average Bonchev–Trinajstić information content (AvgIpc) is 2.45. The SMILES string of the molecule is Cc1cc(Cl)ccc1C(=O)N1CC(=O)Nc2ccccc21. The number of carbonyl (C=O) groups is 2. The van der Waals surface area contributed by atoms with Crippen molar-refractivity contribution in [3.63, 3.8) is 0 Å². The standard InChI is InChI=1S/C16H13ClN2O2/c1-10-8-11(17)6-7-12(10)16(21)19-9-15(20)18-13-4-2-3-5-14(13)19/h2-8H,9H2,1H3,(H,18,20). The summed E-state index contributed by atoms with van der Waals surface area (Å²) in [6.45, 7) is 1.84. The van der Waals surface area contributed by atoms with Gasteiger partial charge in [0.2, 0.25) is 5.91 Å². The number of anilines is 2. The Labute approximate surface area is 127 Å². The Morgan fingerprint density at radius 2 is 2.00 bits per heavy atom. The number of amides is 2. The van der Waals surface area contributed by atoms with Crippen molar-refractivity contribution in [1.29, 1.82) is 0 Å². The number of fused-ring (bicyclic) bond motifs is 1. The average molecular weight is 301 g/mol. The van der Waals surface area contributed by atoms with E-state index in [0.717, 1.165) is 5.56 Å². The molecule has 21 heavy (non-hydrogen) atoms. The maximum Gasteiger partial charge on any atom is 0.259 e. The van der Waals surface area contributed by atoms with Crippen LogP contribution in [0.4, 0.5) is 11.4 Å². The maximum atomic E-state index is 12.7. The fourth-order valence-corrected chi connectivity index (χ4v) is 2.65. The molecular formula is C16H13ClN2O2. The lowest BCUT2D eigenvalue weighted by atomic mass is 10.1. The third-order valence-electron chi connectivity index (χ3n) is 3.43. The van der Waals surface area contributed by atoms with Gasteiger partial charge < -0.3 is 5.32 Å². The summed E-state index contributed by atoms with van der Waals surface area (Å²) in [5.74, 6) is -0.403. The Hall–Kier alpha value is -2.33. The first kappa shape index (κ1) is 13.6. The third kappa shape index (κ3) is 2.50. The number of hydrogen-bond acceptors (Lipinski definition) is 2. The van der Waals surface area contributed by atoms with Crippen molar-refractivity contribution < 1.29 is 9.59 Å². The molecule has 0 atom stereocenters. The highest BCUT2D eigenvalue weighted by atomic mass is 35.5. The minimum atomic E-state index is -0.202. The lowest BCUT2D eigenvalue weighted by Crippen LogP contribution is -2.42. The van der Waals surface area contributed by atoms with Crippen molar-refractivity contribution in [2.24, 2.45) is 0 Å². The van der Waals surface area contributed by atoms with Crippen LogP contribution >= 0.6 is 11.6 Å². The van der Waals surface area contributed by atoms with E-state index in [9.17, 15) is 9.59 Å². The van der Waals surface area contributed by atoms with Crippen LogP contribution in [0.3, 0.4) is 0 Å². The van der Waals surface area contributed by atoms with Crippen LogP contribution in [0.1, 0.15) is 15.9 Å². The molecule has 3 rings (SSSR count). The predicted octanol–water partition coefficient (Wildman–Crippen LogP) is 3.25. The lowest BCUT2D eigenvalue weighted by Gasteiger charge is -2.29. The van der Waals surface area contributed by atoms with Gasteiger partial charge >= 0.3 is 0 Å². The van der Waals surface area contributed by atoms with Crippen LogP contribution in [0.25, 0.3) is 0 Å². The molecule has 4 nitrogen and oxygen atoms in total. The van der Waals surface area contributed by atoms with Crippen LogP contribution in [0.2, 0.25) is 5.02 Å². The Kier molecular flexibility index (Phi) is 3.39. The van der Waals surface area contributed by atoms with Crippen molar-refractivity contribution in [2.75, 3.05) is 16.8 Å². The molecule has 1 aliphatic rings. The molecule has 1 aliphatic heterocycles. The molecule has 0 bridgehead atoms. The van der Waals surface area contributed by atoms with E-state index in [1.807, 2.05) is 25.1 Å². The highest BCUT2D eigenvalue weighted by Gasteiger charge is 2.28. The van der Waals surface area contributed by atoms with E-state index in [0.29, 0.717) is 22.0 Å². The zero-order valence-electron chi connectivity index (χ0n) is 11.4. The molecule has 0 fully saturated rings. The molecular weight excluding hydrogens is 288 g/mol. The Bertz CT molecular complexity index is 743. The van der Waals surface area contributed by atoms with Crippen molar-refractivity contribution in [3.05, 3.63) is 58.6 Å². The molecule has 2 amide bonds. The number of benzene rings is 2. The second-order valence-corrected chi connectivity index (χ2v) is 5.35. The molecule has 1 heterocycles. The van der Waals surface area contributed by atoms with Crippen LogP contribution in [0.5, 0.6) is 0 Å². The van der Waals surface area contributed by atoms with E-state index in [1.165, 1.54) is 4.90 Å². The summed E-state index contributed by atoms with van der Waals surface area (Å²) in [7, 11) is 0. The van der Waals surface area contributed by atoms with Gasteiger partial charge in [-0.25, -0.2) is 0 Å². The normalized spacial score (nSPS) is 13.6. The Morgan fingerprint density at radius 3 is 2.76 bits per heavy atom. The molecule has 0 aromatic heterocycles. The summed E-state index contributed by atoms with van der Waals surface area (Å²) in [5, 5.41) is 3.35. The van der Waals surface area contributed by atoms with Crippen LogP contribution < -0.4 is 10.2 Å². The van der Waals surface area contributed by atoms with Gasteiger partial charge in [-0.1, -0.05) is 23.7 Å². The maximum absolute atomic E-state index is 12.7. The van der Waals surface area contributed by atoms with E-state index in [-0.39, 0.29) is 18.4 Å². The second-order valence-electron chi connectivity index (χ2n) is 4.92. The quantitative estimate of drug-likeness (QED) is 0.879. The minimum absolute atomic E-state index is 0.0118. The van der Waals surface area contributed by atoms with E-state index < -0.39 is 0 Å². The highest BCUT2D eigenvalue weighted by Crippen LogP contribution is 2.30. The fraction of sp³-hybridized carbons (Fsp3) is 0.125. The molecule has 0 saturated heterocycles. The van der Waals surface area contributed by atoms with Crippen LogP contribution in [-0.2, 0) is 4.79 Å². The number of rotatable bonds is 1. The summed E-state index contributed by atoms with van der Waals surface area (Å²) in [5.41, 5.74) is 2.69. The first-order valence-electron chi connectivity index (χ1n) is 6.53. The van der Waals surface area contributed by atoms with Crippen molar-refractivity contribution in [1.82, 2.24) is 0 Å². The summed E-state index contributed by atoms with van der Waals surface area (Å²) in [6.07, 6.45) is 0. The van der Waals surface area contributed by atoms with Gasteiger partial charge in [-0.3, -0.25) is 14.5 Å². The lowest BCUT2D eigenvalue weighted by molar-refractivity contribution is -0.115. The molecule has 0 radical (unpaired) electrons. The van der Waals surface area contributed by atoms with Crippen LogP contribution in [0.15, 0.2) is 42.5 Å². The van der Waals surface area contributed by atoms with Crippen LogP contribution in [-0.4, -0.2) is 18.4 Å². The third-order valence-corrected chi connectivity index (χ3v) is 3.67. The number of nitrogens with zero attached hydrogens (tertiary/aromatic N) is 1. The minimum Gasteiger partial charge on any atom is -0.323 e. The van der Waals surface area contributed by atoms with E-state index in [4.69, 9.17) is 11.6 Å². The summed E-state index contributed by atoms with van der Waals surface area (Å²) in [4.78, 5) is 26.0. The predicted molar refractivity (Wildman–Crippen MR) is 82.9 cm³/mol. The fourth-order valence-electron chi connectivity index (χ4n) is 2.43. The van der Waals surface area contributed by atoms with Gasteiger partial charge in [-0.2, -0.15) is 0 Å². The van der Waals surface area contributed by atoms with E-state index >= 15 is 0 Å². The summed E-state index contributed by atoms with van der Waals surface area (Å²) >= 11 is 5.92. The molecule has 0 unspecified atom stereocenters. The monoisotopic (exact) mass is 300 g/mol. The first-order chi connectivity index (χ1) is 10.1. The molecule has 2 aromatic carbocycles. The number of aryl methyl sites for hydroxylation is 1. The first-order valence-corrected chi connectivity index (χ1v) is 6.91. The van der Waals surface area contributed by atoms with Gasteiger partial charge in [-0.15, -0.1) is 0 Å². The van der Waals surface area contributed by atoms with Gasteiger partial charge in [0.15, 0.2) is 0 Å². The Morgan fingerprint density at radius 1 is 1.24 bits per heavy atom.